The molecule has 1 aliphatic heterocycles. The van der Waals surface area contributed by atoms with Crippen molar-refractivity contribution in [2.45, 2.75) is 38.0 Å². The minimum atomic E-state index is -1.45. The van der Waals surface area contributed by atoms with Gasteiger partial charge in [0.15, 0.2) is 6.04 Å². The Balaban J connectivity index is 2.66. The van der Waals surface area contributed by atoms with Gasteiger partial charge in [-0.15, -0.1) is 0 Å². The molecule has 0 saturated carbocycles. The molecule has 130 valence electrons. The van der Waals surface area contributed by atoms with Gasteiger partial charge in [0.25, 0.3) is 0 Å². The maximum atomic E-state index is 12.2. The molecule has 10 nitrogen and oxygen atoms in total. The summed E-state index contributed by atoms with van der Waals surface area (Å²) in [5.41, 5.74) is 5.12. The summed E-state index contributed by atoms with van der Waals surface area (Å²) in [4.78, 5) is 47.6. The number of carbonyl (C=O) groups is 4. The van der Waals surface area contributed by atoms with Gasteiger partial charge in [0.1, 0.15) is 6.04 Å². The summed E-state index contributed by atoms with van der Waals surface area (Å²) in [6.45, 7) is 1.06. The number of aliphatic carboxylic acids is 1. The van der Waals surface area contributed by atoms with E-state index in [1.54, 1.807) is 0 Å². The molecule has 23 heavy (non-hydrogen) atoms. The predicted molar refractivity (Wildman–Crippen MR) is 78.0 cm³/mol. The van der Waals surface area contributed by atoms with Crippen LogP contribution < -0.4 is 16.4 Å². The zero-order chi connectivity index (χ0) is 17.6. The number of nitrogens with one attached hydrogen (secondary N) is 2. The second-order valence-electron chi connectivity index (χ2n) is 5.29. The normalized spacial score (nSPS) is 19.8. The first-order valence-corrected chi connectivity index (χ1v) is 7.25. The zero-order valence-electron chi connectivity index (χ0n) is 12.8. The van der Waals surface area contributed by atoms with Crippen LogP contribution in [0.2, 0.25) is 0 Å². The summed E-state index contributed by atoms with van der Waals surface area (Å²) in [5, 5.41) is 22.9. The van der Waals surface area contributed by atoms with Gasteiger partial charge < -0.3 is 31.5 Å². The van der Waals surface area contributed by atoms with Gasteiger partial charge in [-0.3, -0.25) is 14.4 Å². The number of nitrogens with zero attached hydrogens (tertiary/aromatic N) is 1. The summed E-state index contributed by atoms with van der Waals surface area (Å²) in [5.74, 6) is -2.94. The Morgan fingerprint density at radius 3 is 2.52 bits per heavy atom. The zero-order valence-corrected chi connectivity index (χ0v) is 12.8. The lowest BCUT2D eigenvalue weighted by atomic mass is 10.1. The number of hydrogen-bond donors (Lipinski definition) is 5. The molecule has 1 rings (SSSR count). The molecular formula is C13H22N4O6. The van der Waals surface area contributed by atoms with E-state index in [2.05, 4.69) is 10.6 Å². The van der Waals surface area contributed by atoms with Gasteiger partial charge in [-0.25, -0.2) is 4.79 Å². The third kappa shape index (κ3) is 5.18. The van der Waals surface area contributed by atoms with Crippen molar-refractivity contribution in [3.63, 3.8) is 0 Å². The van der Waals surface area contributed by atoms with Crippen LogP contribution in [0.1, 0.15) is 19.8 Å². The maximum absolute atomic E-state index is 12.2. The van der Waals surface area contributed by atoms with E-state index in [0.29, 0.717) is 19.4 Å². The molecule has 1 aliphatic rings. The predicted octanol–water partition coefficient (Wildman–Crippen LogP) is -3.00. The van der Waals surface area contributed by atoms with Gasteiger partial charge >= 0.3 is 5.97 Å². The summed E-state index contributed by atoms with van der Waals surface area (Å²) in [6.07, 6.45) is -0.304. The smallest absolute Gasteiger partial charge is 0.328 e. The number of nitrogens with two attached hydrogens (primary N) is 1. The summed E-state index contributed by atoms with van der Waals surface area (Å²) in [7, 11) is 0. The molecular weight excluding hydrogens is 308 g/mol. The topological polar surface area (TPSA) is 162 Å². The fourth-order valence-electron chi connectivity index (χ4n) is 2.32. The highest BCUT2D eigenvalue weighted by Crippen LogP contribution is 2.17. The Kier molecular flexibility index (Phi) is 6.91. The van der Waals surface area contributed by atoms with Crippen LogP contribution in [0.15, 0.2) is 0 Å². The molecule has 1 saturated heterocycles. The van der Waals surface area contributed by atoms with Crippen molar-refractivity contribution in [3.05, 3.63) is 0 Å². The lowest BCUT2D eigenvalue weighted by Crippen LogP contribution is -2.55. The quantitative estimate of drug-likeness (QED) is 0.332. The van der Waals surface area contributed by atoms with E-state index < -0.39 is 41.9 Å². The monoisotopic (exact) mass is 330 g/mol. The number of aliphatic hydroxyl groups excluding tert-OH is 1. The molecule has 3 amide bonds. The van der Waals surface area contributed by atoms with Crippen molar-refractivity contribution in [2.24, 2.45) is 5.73 Å². The van der Waals surface area contributed by atoms with Crippen molar-refractivity contribution in [3.8, 4) is 0 Å². The lowest BCUT2D eigenvalue weighted by Gasteiger charge is -2.26. The third-order valence-corrected chi connectivity index (χ3v) is 3.54. The molecule has 0 spiro atoms. The van der Waals surface area contributed by atoms with Crippen molar-refractivity contribution in [1.82, 2.24) is 15.5 Å². The Morgan fingerprint density at radius 2 is 2.00 bits per heavy atom. The minimum Gasteiger partial charge on any atom is -0.480 e. The highest BCUT2D eigenvalue weighted by atomic mass is 16.4. The highest BCUT2D eigenvalue weighted by molar-refractivity contribution is 5.92. The van der Waals surface area contributed by atoms with Gasteiger partial charge in [-0.1, -0.05) is 0 Å². The van der Waals surface area contributed by atoms with Crippen molar-refractivity contribution < 1.29 is 29.4 Å². The van der Waals surface area contributed by atoms with E-state index in [0.717, 1.165) is 0 Å². The van der Waals surface area contributed by atoms with Crippen LogP contribution >= 0.6 is 0 Å². The van der Waals surface area contributed by atoms with Crippen LogP contribution in [0.5, 0.6) is 0 Å². The average molecular weight is 330 g/mol. The molecule has 0 radical (unpaired) electrons. The first-order valence-electron chi connectivity index (χ1n) is 7.25. The molecule has 0 aromatic rings. The number of aliphatic hydroxyl groups is 1. The second kappa shape index (κ2) is 8.44. The van der Waals surface area contributed by atoms with Gasteiger partial charge in [0.2, 0.25) is 17.7 Å². The lowest BCUT2D eigenvalue weighted by molar-refractivity contribution is -0.146. The molecule has 10 heteroatoms. The standard InChI is InChI=1S/C13H22N4O6/c1-7(18)11(13(22)23)16-12(21)8-3-2-4-17(8)10(20)6-15-9(19)5-14/h7-8,11,18H,2-6,14H2,1H3,(H,15,19)(H,16,21)(H,22,23). The highest BCUT2D eigenvalue weighted by Gasteiger charge is 2.36. The number of likely N-dealkylation sites (tertiary alicyclic amines) is 1. The number of carbonyl (C=O) groups excluding carboxylic acids is 3. The summed E-state index contributed by atoms with van der Waals surface area (Å²) < 4.78 is 0. The Bertz CT molecular complexity index is 481. The fourth-order valence-corrected chi connectivity index (χ4v) is 2.32. The number of hydrogen-bond acceptors (Lipinski definition) is 6. The van der Waals surface area contributed by atoms with E-state index in [1.807, 2.05) is 0 Å². The van der Waals surface area contributed by atoms with E-state index in [1.165, 1.54) is 11.8 Å². The minimum absolute atomic E-state index is 0.244. The van der Waals surface area contributed by atoms with E-state index >= 15 is 0 Å². The largest absolute Gasteiger partial charge is 0.480 e. The number of carboxylic acids is 1. The molecule has 0 bridgehead atoms. The van der Waals surface area contributed by atoms with Gasteiger partial charge in [-0.2, -0.15) is 0 Å². The van der Waals surface area contributed by atoms with Crippen molar-refractivity contribution in [2.75, 3.05) is 19.6 Å². The summed E-state index contributed by atoms with van der Waals surface area (Å²) >= 11 is 0. The van der Waals surface area contributed by atoms with Crippen LogP contribution in [0.3, 0.4) is 0 Å². The van der Waals surface area contributed by atoms with E-state index in [-0.39, 0.29) is 13.1 Å². The van der Waals surface area contributed by atoms with Crippen molar-refractivity contribution >= 4 is 23.7 Å². The third-order valence-electron chi connectivity index (χ3n) is 3.54. The molecule has 3 atom stereocenters. The van der Waals surface area contributed by atoms with Gasteiger partial charge in [-0.05, 0) is 19.8 Å². The van der Waals surface area contributed by atoms with Crippen LogP contribution in [0, 0.1) is 0 Å². The summed E-state index contributed by atoms with van der Waals surface area (Å²) in [6, 6.07) is -2.27. The van der Waals surface area contributed by atoms with E-state index in [4.69, 9.17) is 10.8 Å². The SMILES string of the molecule is CC(O)C(NC(=O)C1CCCN1C(=O)CNC(=O)CN)C(=O)O. The van der Waals surface area contributed by atoms with Gasteiger partial charge in [0, 0.05) is 6.54 Å². The van der Waals surface area contributed by atoms with E-state index in [9.17, 15) is 24.3 Å². The van der Waals surface area contributed by atoms with Crippen LogP contribution in [0.4, 0.5) is 0 Å². The van der Waals surface area contributed by atoms with Crippen molar-refractivity contribution in [1.29, 1.82) is 0 Å². The molecule has 0 aliphatic carbocycles. The molecule has 3 unspecified atom stereocenters. The fraction of sp³-hybridized carbons (Fsp3) is 0.692. The molecule has 1 heterocycles. The Hall–Kier alpha value is -2.20. The van der Waals surface area contributed by atoms with Crippen LogP contribution in [-0.2, 0) is 19.2 Å². The van der Waals surface area contributed by atoms with Crippen LogP contribution in [-0.4, -0.2) is 76.6 Å². The number of rotatable bonds is 7. The Labute approximate surface area is 133 Å². The van der Waals surface area contributed by atoms with Gasteiger partial charge in [0.05, 0.1) is 19.2 Å². The first kappa shape index (κ1) is 18.8. The average Bonchev–Trinajstić information content (AvgIpc) is 2.98. The maximum Gasteiger partial charge on any atom is 0.328 e. The molecule has 1 fully saturated rings. The molecule has 0 aromatic heterocycles. The van der Waals surface area contributed by atoms with Crippen LogP contribution in [0.25, 0.3) is 0 Å². The molecule has 6 N–H and O–H groups in total. The molecule has 0 aromatic carbocycles. The second-order valence-corrected chi connectivity index (χ2v) is 5.29. The number of carboxylic acid groups (broad SMARTS) is 1. The Morgan fingerprint density at radius 1 is 1.35 bits per heavy atom. The number of amides is 3. The first-order chi connectivity index (χ1) is 10.8.